The van der Waals surface area contributed by atoms with Crippen LogP contribution in [0.5, 0.6) is 0 Å². The van der Waals surface area contributed by atoms with Gasteiger partial charge in [-0.05, 0) is 25.2 Å². The lowest BCUT2D eigenvalue weighted by molar-refractivity contribution is 0.0722. The van der Waals surface area contributed by atoms with E-state index in [0.29, 0.717) is 58.0 Å². The number of rotatable bonds is 6. The molecule has 0 aromatic carbocycles. The number of piperidine rings is 1. The zero-order chi connectivity index (χ0) is 16.5. The minimum absolute atomic E-state index is 0.104. The Morgan fingerprint density at radius 3 is 2.26 bits per heavy atom. The van der Waals surface area contributed by atoms with Crippen LogP contribution in [0.15, 0.2) is 0 Å². The summed E-state index contributed by atoms with van der Waals surface area (Å²) < 4.78 is 58.5. The van der Waals surface area contributed by atoms with E-state index in [1.807, 2.05) is 0 Å². The molecule has 1 aliphatic carbocycles. The number of sulfonamides is 2. The molecule has 0 bridgehead atoms. The fraction of sp³-hybridized carbons (Fsp3) is 1.00. The van der Waals surface area contributed by atoms with Gasteiger partial charge in [0.25, 0.3) is 0 Å². The van der Waals surface area contributed by atoms with Crippen molar-refractivity contribution in [3.05, 3.63) is 0 Å². The zero-order valence-electron chi connectivity index (χ0n) is 13.4. The van der Waals surface area contributed by atoms with Crippen molar-refractivity contribution in [3.63, 3.8) is 0 Å². The highest BCUT2D eigenvalue weighted by atomic mass is 32.2. The summed E-state index contributed by atoms with van der Waals surface area (Å²) in [6.45, 7) is 2.11. The molecule has 0 aromatic heterocycles. The molecule has 0 amide bonds. The second kappa shape index (κ2) is 6.95. The van der Waals surface area contributed by atoms with E-state index in [0.717, 1.165) is 12.8 Å². The second-order valence-electron chi connectivity index (χ2n) is 6.73. The molecule has 1 atom stereocenters. The standard InChI is InChI=1S/C14H26N2O5S2/c17-22(18,11-5-13-3-4-13)16-6-1-2-14(12-16)23(19,20)15-7-9-21-10-8-15/h13-14H,1-12H2/t14-/m1/s1. The first kappa shape index (κ1) is 17.6. The molecule has 0 spiro atoms. The first-order valence-electron chi connectivity index (χ1n) is 8.44. The number of hydrogen-bond donors (Lipinski definition) is 0. The molecule has 9 heteroatoms. The molecule has 2 saturated heterocycles. The quantitative estimate of drug-likeness (QED) is 0.672. The maximum absolute atomic E-state index is 12.7. The normalized spacial score (nSPS) is 28.8. The van der Waals surface area contributed by atoms with Gasteiger partial charge in [0.05, 0.1) is 24.2 Å². The third kappa shape index (κ3) is 4.25. The van der Waals surface area contributed by atoms with Crippen molar-refractivity contribution >= 4 is 20.0 Å². The highest BCUT2D eigenvalue weighted by Crippen LogP contribution is 2.33. The molecular weight excluding hydrogens is 340 g/mol. The Hall–Kier alpha value is -0.220. The predicted octanol–water partition coefficient (Wildman–Crippen LogP) is 0.243. The van der Waals surface area contributed by atoms with Gasteiger partial charge in [-0.25, -0.2) is 21.1 Å². The molecule has 0 radical (unpaired) electrons. The van der Waals surface area contributed by atoms with Gasteiger partial charge in [0, 0.05) is 26.2 Å². The first-order valence-corrected chi connectivity index (χ1v) is 11.6. The van der Waals surface area contributed by atoms with E-state index in [2.05, 4.69) is 0 Å². The van der Waals surface area contributed by atoms with Gasteiger partial charge in [0.15, 0.2) is 0 Å². The van der Waals surface area contributed by atoms with Crippen molar-refractivity contribution < 1.29 is 21.6 Å². The van der Waals surface area contributed by atoms with Crippen molar-refractivity contribution in [1.82, 2.24) is 8.61 Å². The third-order valence-electron chi connectivity index (χ3n) is 4.97. The van der Waals surface area contributed by atoms with Crippen molar-refractivity contribution in [2.75, 3.05) is 45.1 Å². The molecule has 3 rings (SSSR count). The van der Waals surface area contributed by atoms with Crippen molar-refractivity contribution in [3.8, 4) is 0 Å². The van der Waals surface area contributed by atoms with Crippen molar-refractivity contribution in [1.29, 1.82) is 0 Å². The van der Waals surface area contributed by atoms with E-state index in [9.17, 15) is 16.8 Å². The van der Waals surface area contributed by atoms with Crippen LogP contribution in [-0.4, -0.2) is 75.8 Å². The van der Waals surface area contributed by atoms with Crippen LogP contribution in [0.1, 0.15) is 32.1 Å². The minimum atomic E-state index is -3.45. The van der Waals surface area contributed by atoms with Crippen LogP contribution < -0.4 is 0 Å². The maximum atomic E-state index is 12.7. The summed E-state index contributed by atoms with van der Waals surface area (Å²) in [5.74, 6) is 0.713. The fourth-order valence-corrected chi connectivity index (χ4v) is 6.97. The topological polar surface area (TPSA) is 84.0 Å². The van der Waals surface area contributed by atoms with Gasteiger partial charge in [0.2, 0.25) is 20.0 Å². The summed E-state index contributed by atoms with van der Waals surface area (Å²) >= 11 is 0. The lowest BCUT2D eigenvalue weighted by atomic mass is 10.2. The Labute approximate surface area is 139 Å². The van der Waals surface area contributed by atoms with E-state index < -0.39 is 25.3 Å². The van der Waals surface area contributed by atoms with Crippen molar-refractivity contribution in [2.45, 2.75) is 37.4 Å². The van der Waals surface area contributed by atoms with Gasteiger partial charge in [-0.3, -0.25) is 0 Å². The number of ether oxygens (including phenoxy) is 1. The third-order valence-corrected chi connectivity index (χ3v) is 9.15. The van der Waals surface area contributed by atoms with Crippen LogP contribution in [-0.2, 0) is 24.8 Å². The minimum Gasteiger partial charge on any atom is -0.379 e. The summed E-state index contributed by atoms with van der Waals surface area (Å²) in [6, 6.07) is 0. The molecule has 2 heterocycles. The average molecular weight is 367 g/mol. The summed E-state index contributed by atoms with van der Waals surface area (Å²) in [5, 5.41) is -0.620. The van der Waals surface area contributed by atoms with E-state index >= 15 is 0 Å². The molecular formula is C14H26N2O5S2. The molecule has 2 aliphatic heterocycles. The Morgan fingerprint density at radius 1 is 0.913 bits per heavy atom. The van der Waals surface area contributed by atoms with Gasteiger partial charge in [-0.2, -0.15) is 4.31 Å². The fourth-order valence-electron chi connectivity index (χ4n) is 3.26. The molecule has 3 aliphatic rings. The molecule has 0 aromatic rings. The number of nitrogens with zero attached hydrogens (tertiary/aromatic N) is 2. The van der Waals surface area contributed by atoms with Crippen LogP contribution in [0.4, 0.5) is 0 Å². The number of hydrogen-bond acceptors (Lipinski definition) is 5. The SMILES string of the molecule is O=S(=O)(CCC1CC1)N1CCC[C@@H](S(=O)(=O)N2CCOCC2)C1. The summed E-state index contributed by atoms with van der Waals surface area (Å²) in [5.41, 5.74) is 0. The van der Waals surface area contributed by atoms with Crippen LogP contribution >= 0.6 is 0 Å². The van der Waals surface area contributed by atoms with E-state index in [1.54, 1.807) is 0 Å². The van der Waals surface area contributed by atoms with Crippen LogP contribution in [0.2, 0.25) is 0 Å². The van der Waals surface area contributed by atoms with Gasteiger partial charge in [0.1, 0.15) is 0 Å². The average Bonchev–Trinajstić information content (AvgIpc) is 3.38. The summed E-state index contributed by atoms with van der Waals surface area (Å²) in [6.07, 6.45) is 4.11. The van der Waals surface area contributed by atoms with Crippen LogP contribution in [0.25, 0.3) is 0 Å². The zero-order valence-corrected chi connectivity index (χ0v) is 15.0. The molecule has 23 heavy (non-hydrogen) atoms. The summed E-state index contributed by atoms with van der Waals surface area (Å²) in [4.78, 5) is 0. The molecule has 7 nitrogen and oxygen atoms in total. The molecule has 0 unspecified atom stereocenters. The van der Waals surface area contributed by atoms with Crippen LogP contribution in [0, 0.1) is 5.92 Å². The van der Waals surface area contributed by atoms with E-state index in [4.69, 9.17) is 4.74 Å². The van der Waals surface area contributed by atoms with Gasteiger partial charge >= 0.3 is 0 Å². The first-order chi connectivity index (χ1) is 10.9. The van der Waals surface area contributed by atoms with Crippen molar-refractivity contribution in [2.24, 2.45) is 5.92 Å². The van der Waals surface area contributed by atoms with Crippen LogP contribution in [0.3, 0.4) is 0 Å². The lowest BCUT2D eigenvalue weighted by Gasteiger charge is -2.35. The smallest absolute Gasteiger partial charge is 0.218 e. The highest BCUT2D eigenvalue weighted by Gasteiger charge is 2.39. The molecule has 1 saturated carbocycles. The molecule has 0 N–H and O–H groups in total. The van der Waals surface area contributed by atoms with Gasteiger partial charge in [-0.15, -0.1) is 0 Å². The Kier molecular flexibility index (Phi) is 5.32. The van der Waals surface area contributed by atoms with Gasteiger partial charge in [-0.1, -0.05) is 12.8 Å². The summed E-state index contributed by atoms with van der Waals surface area (Å²) in [7, 11) is -6.79. The Bertz CT molecular complexity index is 609. The lowest BCUT2D eigenvalue weighted by Crippen LogP contribution is -2.52. The largest absolute Gasteiger partial charge is 0.379 e. The maximum Gasteiger partial charge on any atom is 0.218 e. The molecule has 134 valence electrons. The second-order valence-corrected chi connectivity index (χ2v) is 11.0. The van der Waals surface area contributed by atoms with E-state index in [1.165, 1.54) is 8.61 Å². The molecule has 3 fully saturated rings. The number of morpholine rings is 1. The predicted molar refractivity (Wildman–Crippen MR) is 87.0 cm³/mol. The monoisotopic (exact) mass is 366 g/mol. The Morgan fingerprint density at radius 2 is 1.61 bits per heavy atom. The van der Waals surface area contributed by atoms with Gasteiger partial charge < -0.3 is 4.74 Å². The Balaban J connectivity index is 1.64. The highest BCUT2D eigenvalue weighted by molar-refractivity contribution is 7.90. The van der Waals surface area contributed by atoms with E-state index in [-0.39, 0.29) is 12.3 Å².